The Bertz CT molecular complexity index is 374. The van der Waals surface area contributed by atoms with Crippen LogP contribution in [0.5, 0.6) is 0 Å². The molecule has 18 heavy (non-hydrogen) atoms. The molecule has 1 aromatic carbocycles. The first-order valence-corrected chi connectivity index (χ1v) is 6.81. The third-order valence-corrected chi connectivity index (χ3v) is 3.76. The van der Waals surface area contributed by atoms with Gasteiger partial charge in [0, 0.05) is 18.7 Å². The van der Waals surface area contributed by atoms with Crippen molar-refractivity contribution in [2.45, 2.75) is 19.4 Å². The Balaban J connectivity index is 2.59. The van der Waals surface area contributed by atoms with Crippen molar-refractivity contribution in [2.24, 2.45) is 0 Å². The molecule has 0 radical (unpaired) electrons. The maximum Gasteiger partial charge on any atom is 0.0817 e. The van der Waals surface area contributed by atoms with Gasteiger partial charge in [0.1, 0.15) is 0 Å². The number of hydrogen-bond donors (Lipinski definition) is 2. The fraction of sp³-hybridized carbons (Fsp3) is 0.538. The van der Waals surface area contributed by atoms with Crippen LogP contribution in [0.15, 0.2) is 18.2 Å². The van der Waals surface area contributed by atoms with Crippen LogP contribution in [-0.2, 0) is 0 Å². The van der Waals surface area contributed by atoms with Crippen LogP contribution in [0, 0.1) is 0 Å². The highest BCUT2D eigenvalue weighted by Gasteiger charge is 2.14. The molecule has 0 aromatic heterocycles. The van der Waals surface area contributed by atoms with E-state index in [0.717, 1.165) is 6.54 Å². The molecule has 0 aliphatic heterocycles. The van der Waals surface area contributed by atoms with Gasteiger partial charge in [0.15, 0.2) is 0 Å². The lowest BCUT2D eigenvalue weighted by Gasteiger charge is -2.21. The van der Waals surface area contributed by atoms with Crippen molar-refractivity contribution in [1.82, 2.24) is 4.90 Å². The molecule has 102 valence electrons. The summed E-state index contributed by atoms with van der Waals surface area (Å²) in [6.07, 6.45) is -0.0718. The summed E-state index contributed by atoms with van der Waals surface area (Å²) in [7, 11) is 0. The van der Waals surface area contributed by atoms with Gasteiger partial charge in [0.25, 0.3) is 0 Å². The summed E-state index contributed by atoms with van der Waals surface area (Å²) in [6, 6.07) is 5.25. The molecule has 0 aliphatic rings. The number of likely N-dealkylation sites (N-methyl/N-ethyl adjacent to an activating group) is 1. The Kier molecular flexibility index (Phi) is 6.97. The minimum absolute atomic E-state index is 0.127. The number of halogens is 2. The number of aliphatic hydroxyl groups is 2. The summed E-state index contributed by atoms with van der Waals surface area (Å²) in [5, 5.41) is 19.9. The van der Waals surface area contributed by atoms with E-state index in [4.69, 9.17) is 28.3 Å². The van der Waals surface area contributed by atoms with Gasteiger partial charge < -0.3 is 15.1 Å². The summed E-state index contributed by atoms with van der Waals surface area (Å²) in [4.78, 5) is 2.07. The van der Waals surface area contributed by atoms with Gasteiger partial charge in [-0.2, -0.15) is 0 Å². The summed E-state index contributed by atoms with van der Waals surface area (Å²) < 4.78 is 0. The zero-order valence-corrected chi connectivity index (χ0v) is 12.0. The SMILES string of the molecule is CCN(CCO)CCC(O)c1cccc(Cl)c1Cl. The molecule has 1 aromatic rings. The van der Waals surface area contributed by atoms with Crippen molar-refractivity contribution in [3.63, 3.8) is 0 Å². The van der Waals surface area contributed by atoms with Gasteiger partial charge in [0.2, 0.25) is 0 Å². The standard InChI is InChI=1S/C13H19Cl2NO2/c1-2-16(8-9-17)7-6-12(18)10-4-3-5-11(14)13(10)15/h3-5,12,17-18H,2,6-9H2,1H3. The van der Waals surface area contributed by atoms with Crippen LogP contribution in [0.4, 0.5) is 0 Å². The molecule has 0 amide bonds. The molecule has 5 heteroatoms. The van der Waals surface area contributed by atoms with E-state index in [2.05, 4.69) is 4.90 Å². The Morgan fingerprint density at radius 2 is 2.00 bits per heavy atom. The van der Waals surface area contributed by atoms with E-state index < -0.39 is 6.10 Å². The molecule has 2 N–H and O–H groups in total. The first-order chi connectivity index (χ1) is 8.60. The lowest BCUT2D eigenvalue weighted by Crippen LogP contribution is -2.28. The first kappa shape index (κ1) is 15.7. The third-order valence-electron chi connectivity index (χ3n) is 2.92. The predicted octanol–water partition coefficient (Wildman–Crippen LogP) is 2.73. The van der Waals surface area contributed by atoms with Gasteiger partial charge in [-0.25, -0.2) is 0 Å². The second-order valence-corrected chi connectivity index (χ2v) is 4.89. The van der Waals surface area contributed by atoms with Gasteiger partial charge in [0.05, 0.1) is 22.8 Å². The zero-order valence-electron chi connectivity index (χ0n) is 10.4. The lowest BCUT2D eigenvalue weighted by atomic mass is 10.1. The molecular formula is C13H19Cl2NO2. The highest BCUT2D eigenvalue weighted by molar-refractivity contribution is 6.42. The number of hydrogen-bond acceptors (Lipinski definition) is 3. The summed E-state index contributed by atoms with van der Waals surface area (Å²) in [5.74, 6) is 0. The quantitative estimate of drug-likeness (QED) is 0.812. The van der Waals surface area contributed by atoms with Gasteiger partial charge in [-0.15, -0.1) is 0 Å². The second kappa shape index (κ2) is 7.97. The number of benzene rings is 1. The maximum absolute atomic E-state index is 10.1. The highest BCUT2D eigenvalue weighted by Crippen LogP contribution is 2.31. The molecule has 0 saturated carbocycles. The van der Waals surface area contributed by atoms with E-state index >= 15 is 0 Å². The third kappa shape index (κ3) is 4.41. The fourth-order valence-electron chi connectivity index (χ4n) is 1.81. The van der Waals surface area contributed by atoms with Crippen LogP contribution >= 0.6 is 23.2 Å². The minimum atomic E-state index is -0.635. The Morgan fingerprint density at radius 1 is 1.28 bits per heavy atom. The largest absolute Gasteiger partial charge is 0.395 e. The molecule has 1 rings (SSSR count). The van der Waals surface area contributed by atoms with E-state index in [1.165, 1.54) is 0 Å². The van der Waals surface area contributed by atoms with Crippen molar-refractivity contribution in [3.8, 4) is 0 Å². The van der Waals surface area contributed by atoms with E-state index in [0.29, 0.717) is 35.1 Å². The molecule has 3 nitrogen and oxygen atoms in total. The maximum atomic E-state index is 10.1. The molecule has 0 spiro atoms. The second-order valence-electron chi connectivity index (χ2n) is 4.11. The van der Waals surface area contributed by atoms with E-state index in [9.17, 15) is 5.11 Å². The molecule has 0 heterocycles. The Hall–Kier alpha value is -0.320. The first-order valence-electron chi connectivity index (χ1n) is 6.05. The molecule has 0 fully saturated rings. The van der Waals surface area contributed by atoms with Crippen LogP contribution in [0.2, 0.25) is 10.0 Å². The monoisotopic (exact) mass is 291 g/mol. The van der Waals surface area contributed by atoms with Crippen molar-refractivity contribution in [2.75, 3.05) is 26.2 Å². The average Bonchev–Trinajstić information content (AvgIpc) is 2.37. The predicted molar refractivity (Wildman–Crippen MR) is 75.2 cm³/mol. The molecule has 0 saturated heterocycles. The average molecular weight is 292 g/mol. The number of rotatable bonds is 7. The zero-order chi connectivity index (χ0) is 13.5. The van der Waals surface area contributed by atoms with Crippen molar-refractivity contribution < 1.29 is 10.2 Å². The van der Waals surface area contributed by atoms with Gasteiger partial charge >= 0.3 is 0 Å². The highest BCUT2D eigenvalue weighted by atomic mass is 35.5. The summed E-state index contributed by atoms with van der Waals surface area (Å²) >= 11 is 12.0. The van der Waals surface area contributed by atoms with E-state index in [1.54, 1.807) is 18.2 Å². The number of nitrogens with zero attached hydrogens (tertiary/aromatic N) is 1. The summed E-state index contributed by atoms with van der Waals surface area (Å²) in [6.45, 7) is 4.32. The molecular weight excluding hydrogens is 273 g/mol. The Labute approximate surface area is 118 Å². The van der Waals surface area contributed by atoms with Crippen LogP contribution in [-0.4, -0.2) is 41.4 Å². The smallest absolute Gasteiger partial charge is 0.0817 e. The normalized spacial score (nSPS) is 13.0. The van der Waals surface area contributed by atoms with Gasteiger partial charge in [-0.3, -0.25) is 0 Å². The fourth-order valence-corrected chi connectivity index (χ4v) is 2.24. The topological polar surface area (TPSA) is 43.7 Å². The van der Waals surface area contributed by atoms with Crippen molar-refractivity contribution >= 4 is 23.2 Å². The molecule has 1 unspecified atom stereocenters. The van der Waals surface area contributed by atoms with Crippen LogP contribution in [0.25, 0.3) is 0 Å². The van der Waals surface area contributed by atoms with Crippen LogP contribution < -0.4 is 0 Å². The van der Waals surface area contributed by atoms with E-state index in [1.807, 2.05) is 6.92 Å². The van der Waals surface area contributed by atoms with E-state index in [-0.39, 0.29) is 6.61 Å². The number of aliphatic hydroxyl groups excluding tert-OH is 2. The molecule has 1 atom stereocenters. The van der Waals surface area contributed by atoms with Crippen molar-refractivity contribution in [3.05, 3.63) is 33.8 Å². The molecule has 0 aliphatic carbocycles. The van der Waals surface area contributed by atoms with Crippen LogP contribution in [0.1, 0.15) is 25.0 Å². The van der Waals surface area contributed by atoms with Gasteiger partial charge in [-0.1, -0.05) is 42.3 Å². The lowest BCUT2D eigenvalue weighted by molar-refractivity contribution is 0.133. The van der Waals surface area contributed by atoms with Gasteiger partial charge in [-0.05, 0) is 19.0 Å². The molecule has 0 bridgehead atoms. The van der Waals surface area contributed by atoms with Crippen LogP contribution in [0.3, 0.4) is 0 Å². The minimum Gasteiger partial charge on any atom is -0.395 e. The summed E-state index contributed by atoms with van der Waals surface area (Å²) in [5.41, 5.74) is 0.657. The van der Waals surface area contributed by atoms with Crippen molar-refractivity contribution in [1.29, 1.82) is 0 Å². The Morgan fingerprint density at radius 3 is 2.61 bits per heavy atom.